The van der Waals surface area contributed by atoms with Gasteiger partial charge in [0.05, 0.1) is 6.61 Å². The lowest BCUT2D eigenvalue weighted by atomic mass is 10.3. The Balaban J connectivity index is 3.50. The van der Waals surface area contributed by atoms with E-state index in [1.165, 1.54) is 5.06 Å². The van der Waals surface area contributed by atoms with Gasteiger partial charge in [-0.15, -0.1) is 0 Å². The van der Waals surface area contributed by atoms with Gasteiger partial charge in [-0.25, -0.2) is 5.06 Å². The first-order valence-electron chi connectivity index (χ1n) is 4.55. The van der Waals surface area contributed by atoms with E-state index in [0.29, 0.717) is 6.61 Å². The summed E-state index contributed by atoms with van der Waals surface area (Å²) in [7, 11) is 1.57. The van der Waals surface area contributed by atoms with Crippen molar-refractivity contribution in [3.8, 4) is 0 Å². The number of hydroxylamine groups is 2. The lowest BCUT2D eigenvalue weighted by Crippen LogP contribution is -2.27. The largest absolute Gasteiger partial charge is 0.303 e. The van der Waals surface area contributed by atoms with Crippen LogP contribution in [0.5, 0.6) is 0 Å². The minimum absolute atomic E-state index is 0.150. The predicted octanol–water partition coefficient (Wildman–Crippen LogP) is 1.16. The van der Waals surface area contributed by atoms with E-state index >= 15 is 0 Å². The molecule has 0 fully saturated rings. The van der Waals surface area contributed by atoms with Gasteiger partial charge in [0.25, 0.3) is 0 Å². The number of carbonyl (C=O) groups is 2. The Morgan fingerprint density at radius 3 is 2.77 bits per heavy atom. The second-order valence-corrected chi connectivity index (χ2v) is 2.78. The zero-order valence-electron chi connectivity index (χ0n) is 8.28. The Hall–Kier alpha value is -0.900. The van der Waals surface area contributed by atoms with Gasteiger partial charge in [0.2, 0.25) is 5.91 Å². The normalized spacial score (nSPS) is 9.69. The standard InChI is InChI=1S/C9H17NO3/c1-3-4-8-13-10(2)9(12)6-5-7-11/h7H,3-6,8H2,1-2H3. The van der Waals surface area contributed by atoms with Crippen LogP contribution in [-0.2, 0) is 14.4 Å². The maximum absolute atomic E-state index is 11.1. The summed E-state index contributed by atoms with van der Waals surface area (Å²) < 4.78 is 0. The third-order valence-electron chi connectivity index (χ3n) is 1.61. The van der Waals surface area contributed by atoms with Crippen LogP contribution in [0.15, 0.2) is 0 Å². The summed E-state index contributed by atoms with van der Waals surface area (Å²) in [4.78, 5) is 26.2. The van der Waals surface area contributed by atoms with Crippen LogP contribution >= 0.6 is 0 Å². The molecule has 13 heavy (non-hydrogen) atoms. The van der Waals surface area contributed by atoms with Gasteiger partial charge in [-0.1, -0.05) is 13.3 Å². The number of nitrogens with zero attached hydrogens (tertiary/aromatic N) is 1. The molecule has 0 atom stereocenters. The Kier molecular flexibility index (Phi) is 7.20. The molecule has 0 N–H and O–H groups in total. The van der Waals surface area contributed by atoms with E-state index < -0.39 is 0 Å². The van der Waals surface area contributed by atoms with Crippen molar-refractivity contribution >= 4 is 12.2 Å². The molecule has 0 aliphatic carbocycles. The molecule has 4 nitrogen and oxygen atoms in total. The molecule has 0 radical (unpaired) electrons. The molecule has 0 aliphatic rings. The van der Waals surface area contributed by atoms with Crippen molar-refractivity contribution in [2.45, 2.75) is 32.6 Å². The second kappa shape index (κ2) is 7.73. The number of carbonyl (C=O) groups excluding carboxylic acids is 2. The van der Waals surface area contributed by atoms with Gasteiger partial charge in [0.1, 0.15) is 6.29 Å². The number of rotatable bonds is 7. The summed E-state index contributed by atoms with van der Waals surface area (Å²) in [5.41, 5.74) is 0. The summed E-state index contributed by atoms with van der Waals surface area (Å²) >= 11 is 0. The van der Waals surface area contributed by atoms with Gasteiger partial charge in [-0.05, 0) is 6.42 Å². The lowest BCUT2D eigenvalue weighted by Gasteiger charge is -2.15. The monoisotopic (exact) mass is 187 g/mol. The molecular weight excluding hydrogens is 170 g/mol. The summed E-state index contributed by atoms with van der Waals surface area (Å²) in [6.07, 6.45) is 3.20. The van der Waals surface area contributed by atoms with Crippen LogP contribution in [0, 0.1) is 0 Å². The quantitative estimate of drug-likeness (QED) is 0.341. The SMILES string of the molecule is CCCCON(C)C(=O)CCC=O. The fraction of sp³-hybridized carbons (Fsp3) is 0.778. The Bertz CT molecular complexity index is 159. The molecule has 4 heteroatoms. The van der Waals surface area contributed by atoms with E-state index in [-0.39, 0.29) is 18.7 Å². The first-order chi connectivity index (χ1) is 6.22. The van der Waals surface area contributed by atoms with Crippen molar-refractivity contribution in [1.82, 2.24) is 5.06 Å². The van der Waals surface area contributed by atoms with Crippen molar-refractivity contribution < 1.29 is 14.4 Å². The number of aldehydes is 1. The van der Waals surface area contributed by atoms with Crippen LogP contribution in [0.25, 0.3) is 0 Å². The van der Waals surface area contributed by atoms with E-state index in [1.54, 1.807) is 7.05 Å². The zero-order valence-corrected chi connectivity index (χ0v) is 8.28. The smallest absolute Gasteiger partial charge is 0.246 e. The van der Waals surface area contributed by atoms with Crippen molar-refractivity contribution in [1.29, 1.82) is 0 Å². The van der Waals surface area contributed by atoms with Gasteiger partial charge in [0.15, 0.2) is 0 Å². The maximum Gasteiger partial charge on any atom is 0.246 e. The molecule has 0 aliphatic heterocycles. The lowest BCUT2D eigenvalue weighted by molar-refractivity contribution is -0.178. The van der Waals surface area contributed by atoms with Gasteiger partial charge in [-0.2, -0.15) is 0 Å². The highest BCUT2D eigenvalue weighted by molar-refractivity contribution is 5.77. The summed E-state index contributed by atoms with van der Waals surface area (Å²) in [6.45, 7) is 2.61. The molecule has 1 amide bonds. The molecule has 0 unspecified atom stereocenters. The molecule has 0 heterocycles. The second-order valence-electron chi connectivity index (χ2n) is 2.78. The predicted molar refractivity (Wildman–Crippen MR) is 48.9 cm³/mol. The highest BCUT2D eigenvalue weighted by atomic mass is 16.7. The van der Waals surface area contributed by atoms with Crippen LogP contribution in [0.3, 0.4) is 0 Å². The van der Waals surface area contributed by atoms with Crippen molar-refractivity contribution in [3.63, 3.8) is 0 Å². The van der Waals surface area contributed by atoms with Crippen LogP contribution in [0.2, 0.25) is 0 Å². The molecule has 0 rings (SSSR count). The summed E-state index contributed by atoms with van der Waals surface area (Å²) in [6, 6.07) is 0. The molecule has 76 valence electrons. The minimum atomic E-state index is -0.150. The van der Waals surface area contributed by atoms with E-state index in [0.717, 1.165) is 19.1 Å². The summed E-state index contributed by atoms with van der Waals surface area (Å²) in [5, 5.41) is 1.21. The fourth-order valence-electron chi connectivity index (χ4n) is 0.758. The zero-order chi connectivity index (χ0) is 10.1. The van der Waals surface area contributed by atoms with Gasteiger partial charge >= 0.3 is 0 Å². The van der Waals surface area contributed by atoms with Crippen LogP contribution < -0.4 is 0 Å². The first kappa shape index (κ1) is 12.1. The van der Waals surface area contributed by atoms with E-state index in [1.807, 2.05) is 0 Å². The van der Waals surface area contributed by atoms with E-state index in [9.17, 15) is 9.59 Å². The highest BCUT2D eigenvalue weighted by Gasteiger charge is 2.07. The minimum Gasteiger partial charge on any atom is -0.303 e. The number of unbranched alkanes of at least 4 members (excludes halogenated alkanes) is 1. The molecule has 0 aromatic heterocycles. The molecule has 0 aromatic rings. The average Bonchev–Trinajstić information content (AvgIpc) is 2.14. The molecule has 0 saturated heterocycles. The molecule has 0 bridgehead atoms. The molecule has 0 spiro atoms. The first-order valence-corrected chi connectivity index (χ1v) is 4.55. The topological polar surface area (TPSA) is 46.6 Å². The van der Waals surface area contributed by atoms with E-state index in [4.69, 9.17) is 4.84 Å². The van der Waals surface area contributed by atoms with Crippen molar-refractivity contribution in [3.05, 3.63) is 0 Å². The Morgan fingerprint density at radius 1 is 1.54 bits per heavy atom. The summed E-state index contributed by atoms with van der Waals surface area (Å²) in [5.74, 6) is -0.150. The van der Waals surface area contributed by atoms with Gasteiger partial charge < -0.3 is 4.79 Å². The van der Waals surface area contributed by atoms with Gasteiger partial charge in [-0.3, -0.25) is 9.63 Å². The van der Waals surface area contributed by atoms with Crippen LogP contribution in [-0.4, -0.2) is 30.9 Å². The number of hydrogen-bond acceptors (Lipinski definition) is 3. The Morgan fingerprint density at radius 2 is 2.23 bits per heavy atom. The molecule has 0 saturated carbocycles. The van der Waals surface area contributed by atoms with Crippen molar-refractivity contribution in [2.75, 3.05) is 13.7 Å². The highest BCUT2D eigenvalue weighted by Crippen LogP contribution is 1.96. The van der Waals surface area contributed by atoms with Crippen molar-refractivity contribution in [2.24, 2.45) is 0 Å². The third kappa shape index (κ3) is 6.28. The maximum atomic E-state index is 11.1. The third-order valence-corrected chi connectivity index (χ3v) is 1.61. The molecule has 0 aromatic carbocycles. The van der Waals surface area contributed by atoms with Crippen LogP contribution in [0.1, 0.15) is 32.6 Å². The van der Waals surface area contributed by atoms with Gasteiger partial charge in [0, 0.05) is 19.9 Å². The number of amides is 1. The van der Waals surface area contributed by atoms with E-state index in [2.05, 4.69) is 6.92 Å². The average molecular weight is 187 g/mol. The number of hydrogen-bond donors (Lipinski definition) is 0. The van der Waals surface area contributed by atoms with Crippen LogP contribution in [0.4, 0.5) is 0 Å². The molecular formula is C9H17NO3. The fourth-order valence-corrected chi connectivity index (χ4v) is 0.758. The Labute approximate surface area is 78.8 Å².